The van der Waals surface area contributed by atoms with E-state index in [4.69, 9.17) is 0 Å². The minimum absolute atomic E-state index is 0.0550. The molecular weight excluding hydrogens is 288 g/mol. The van der Waals surface area contributed by atoms with E-state index < -0.39 is 0 Å². The van der Waals surface area contributed by atoms with Gasteiger partial charge in [0.2, 0.25) is 0 Å². The Bertz CT molecular complexity index is 641. The van der Waals surface area contributed by atoms with Gasteiger partial charge in [-0.15, -0.1) is 11.8 Å². The maximum atomic E-state index is 12.3. The summed E-state index contributed by atoms with van der Waals surface area (Å²) in [5, 5.41) is 0. The van der Waals surface area contributed by atoms with Gasteiger partial charge in [0.25, 0.3) is 0 Å². The Morgan fingerprint density at radius 3 is 2.45 bits per heavy atom. The lowest BCUT2D eigenvalue weighted by molar-refractivity contribution is 0.104. The minimum Gasteiger partial charge on any atom is -0.289 e. The average Bonchev–Trinajstić information content (AvgIpc) is 2.55. The predicted octanol–water partition coefficient (Wildman–Crippen LogP) is 5.65. The molecule has 2 aromatic rings. The summed E-state index contributed by atoms with van der Waals surface area (Å²) in [6.45, 7) is 4.29. The van der Waals surface area contributed by atoms with E-state index in [2.05, 4.69) is 26.0 Å². The fourth-order valence-electron chi connectivity index (χ4n) is 2.34. The van der Waals surface area contributed by atoms with Gasteiger partial charge in [-0.25, -0.2) is 0 Å². The Morgan fingerprint density at radius 2 is 1.77 bits per heavy atom. The normalized spacial score (nSPS) is 11.0. The molecular formula is C20H22OS. The summed E-state index contributed by atoms with van der Waals surface area (Å²) in [5.74, 6) is 1.10. The molecule has 0 aliphatic rings. The van der Waals surface area contributed by atoms with Crippen molar-refractivity contribution < 1.29 is 4.79 Å². The third kappa shape index (κ3) is 4.60. The summed E-state index contributed by atoms with van der Waals surface area (Å²) in [4.78, 5) is 13.5. The van der Waals surface area contributed by atoms with Crippen LogP contribution in [-0.4, -0.2) is 11.5 Å². The summed E-state index contributed by atoms with van der Waals surface area (Å²) in [5.41, 5.74) is 3.17. The van der Waals surface area contributed by atoms with Crippen LogP contribution in [0.3, 0.4) is 0 Å². The molecule has 0 radical (unpaired) electrons. The summed E-state index contributed by atoms with van der Waals surface area (Å²) in [6.07, 6.45) is 5.76. The van der Waals surface area contributed by atoms with Crippen LogP contribution in [0.2, 0.25) is 0 Å². The number of carbonyl (C=O) groups excluding carboxylic acids is 1. The first-order valence-corrected chi connectivity index (χ1v) is 8.76. The second kappa shape index (κ2) is 8.60. The van der Waals surface area contributed by atoms with E-state index in [1.54, 1.807) is 17.8 Å². The summed E-state index contributed by atoms with van der Waals surface area (Å²) in [7, 11) is 0. The van der Waals surface area contributed by atoms with E-state index in [0.29, 0.717) is 0 Å². The first-order chi connectivity index (χ1) is 10.7. The molecule has 0 N–H and O–H groups in total. The average molecular weight is 310 g/mol. The van der Waals surface area contributed by atoms with Gasteiger partial charge in [0, 0.05) is 10.5 Å². The van der Waals surface area contributed by atoms with Gasteiger partial charge in [-0.3, -0.25) is 4.79 Å². The fourth-order valence-corrected chi connectivity index (χ4v) is 3.00. The monoisotopic (exact) mass is 310 g/mol. The zero-order valence-electron chi connectivity index (χ0n) is 13.2. The van der Waals surface area contributed by atoms with Crippen molar-refractivity contribution in [3.63, 3.8) is 0 Å². The van der Waals surface area contributed by atoms with E-state index in [9.17, 15) is 4.79 Å². The van der Waals surface area contributed by atoms with Gasteiger partial charge in [0.15, 0.2) is 5.78 Å². The van der Waals surface area contributed by atoms with Crippen LogP contribution in [0.4, 0.5) is 0 Å². The lowest BCUT2D eigenvalue weighted by Gasteiger charge is -2.04. The van der Waals surface area contributed by atoms with Crippen LogP contribution in [0.15, 0.2) is 59.5 Å². The third-order valence-corrected chi connectivity index (χ3v) is 4.33. The predicted molar refractivity (Wildman–Crippen MR) is 96.6 cm³/mol. The third-order valence-electron chi connectivity index (χ3n) is 3.44. The minimum atomic E-state index is 0.0550. The Hall–Kier alpha value is -1.80. The van der Waals surface area contributed by atoms with Crippen LogP contribution < -0.4 is 0 Å². The molecule has 0 bridgehead atoms. The van der Waals surface area contributed by atoms with Gasteiger partial charge in [0.05, 0.1) is 0 Å². The molecule has 0 saturated carbocycles. The highest BCUT2D eigenvalue weighted by atomic mass is 32.2. The number of thioether (sulfide) groups is 1. The topological polar surface area (TPSA) is 17.1 Å². The van der Waals surface area contributed by atoms with Crippen molar-refractivity contribution in [3.8, 4) is 0 Å². The Balaban J connectivity index is 2.11. The molecule has 0 amide bonds. The molecule has 114 valence electrons. The molecule has 22 heavy (non-hydrogen) atoms. The van der Waals surface area contributed by atoms with Crippen LogP contribution in [0.5, 0.6) is 0 Å². The maximum absolute atomic E-state index is 12.3. The van der Waals surface area contributed by atoms with Crippen LogP contribution in [0.25, 0.3) is 6.08 Å². The molecule has 2 rings (SSSR count). The SMILES string of the molecule is CCCc1ccccc1/C=C/C(=O)c1ccc(SCC)cc1. The second-order valence-corrected chi connectivity index (χ2v) is 6.44. The van der Waals surface area contributed by atoms with Gasteiger partial charge in [0.1, 0.15) is 0 Å². The lowest BCUT2D eigenvalue weighted by Crippen LogP contribution is -1.94. The van der Waals surface area contributed by atoms with Gasteiger partial charge in [-0.2, -0.15) is 0 Å². The van der Waals surface area contributed by atoms with Crippen molar-refractivity contribution in [1.29, 1.82) is 0 Å². The molecule has 0 fully saturated rings. The quantitative estimate of drug-likeness (QED) is 0.373. The second-order valence-electron chi connectivity index (χ2n) is 5.10. The van der Waals surface area contributed by atoms with Crippen LogP contribution >= 0.6 is 11.8 Å². The van der Waals surface area contributed by atoms with Crippen molar-refractivity contribution in [3.05, 3.63) is 71.3 Å². The molecule has 0 aliphatic carbocycles. The highest BCUT2D eigenvalue weighted by Gasteiger charge is 2.03. The molecule has 2 heteroatoms. The van der Waals surface area contributed by atoms with Crippen molar-refractivity contribution in [2.24, 2.45) is 0 Å². The zero-order valence-corrected chi connectivity index (χ0v) is 14.0. The van der Waals surface area contributed by atoms with Gasteiger partial charge < -0.3 is 0 Å². The molecule has 0 aliphatic heterocycles. The number of allylic oxidation sites excluding steroid dienone is 1. The zero-order chi connectivity index (χ0) is 15.8. The molecule has 2 aromatic carbocycles. The fraction of sp³-hybridized carbons (Fsp3) is 0.250. The van der Waals surface area contributed by atoms with Crippen LogP contribution in [0.1, 0.15) is 41.8 Å². The summed E-state index contributed by atoms with van der Waals surface area (Å²) >= 11 is 1.78. The summed E-state index contributed by atoms with van der Waals surface area (Å²) in [6, 6.07) is 16.1. The lowest BCUT2D eigenvalue weighted by atomic mass is 10.0. The number of hydrogen-bond acceptors (Lipinski definition) is 2. The van der Waals surface area contributed by atoms with E-state index in [0.717, 1.165) is 29.7 Å². The molecule has 0 heterocycles. The number of rotatable bonds is 7. The van der Waals surface area contributed by atoms with Crippen molar-refractivity contribution in [2.45, 2.75) is 31.6 Å². The van der Waals surface area contributed by atoms with Gasteiger partial charge in [-0.05, 0) is 53.6 Å². The molecule has 1 nitrogen and oxygen atoms in total. The van der Waals surface area contributed by atoms with Crippen molar-refractivity contribution in [1.82, 2.24) is 0 Å². The molecule has 0 atom stereocenters. The largest absolute Gasteiger partial charge is 0.289 e. The standard InChI is InChI=1S/C20H22OS/c1-3-7-16-8-5-6-9-17(16)12-15-20(21)18-10-13-19(14-11-18)22-4-2/h5-6,8-15H,3-4,7H2,1-2H3/b15-12+. The Kier molecular flexibility index (Phi) is 6.47. The Labute approximate surface area is 137 Å². The van der Waals surface area contributed by atoms with E-state index in [1.165, 1.54) is 10.5 Å². The van der Waals surface area contributed by atoms with E-state index in [1.807, 2.05) is 42.5 Å². The number of carbonyl (C=O) groups is 1. The molecule has 0 saturated heterocycles. The highest BCUT2D eigenvalue weighted by Crippen LogP contribution is 2.18. The van der Waals surface area contributed by atoms with Crippen LogP contribution in [-0.2, 0) is 6.42 Å². The van der Waals surface area contributed by atoms with Gasteiger partial charge >= 0.3 is 0 Å². The first kappa shape index (κ1) is 16.6. The maximum Gasteiger partial charge on any atom is 0.185 e. The molecule has 0 aromatic heterocycles. The van der Waals surface area contributed by atoms with Crippen molar-refractivity contribution in [2.75, 3.05) is 5.75 Å². The first-order valence-electron chi connectivity index (χ1n) is 7.77. The number of ketones is 1. The highest BCUT2D eigenvalue weighted by molar-refractivity contribution is 7.99. The number of aryl methyl sites for hydroxylation is 1. The van der Waals surface area contributed by atoms with Crippen molar-refractivity contribution >= 4 is 23.6 Å². The molecule has 0 unspecified atom stereocenters. The van der Waals surface area contributed by atoms with Crippen LogP contribution in [0, 0.1) is 0 Å². The van der Waals surface area contributed by atoms with Gasteiger partial charge in [-0.1, -0.05) is 50.6 Å². The van der Waals surface area contributed by atoms with E-state index >= 15 is 0 Å². The number of hydrogen-bond donors (Lipinski definition) is 0. The Morgan fingerprint density at radius 1 is 1.05 bits per heavy atom. The smallest absolute Gasteiger partial charge is 0.185 e. The van der Waals surface area contributed by atoms with E-state index in [-0.39, 0.29) is 5.78 Å². The summed E-state index contributed by atoms with van der Waals surface area (Å²) < 4.78 is 0. The number of benzene rings is 2. The molecule has 0 spiro atoms.